The number of methoxy groups -OCH3 is 1. The van der Waals surface area contributed by atoms with Crippen LogP contribution in [0.2, 0.25) is 0 Å². The molecule has 3 nitrogen and oxygen atoms in total. The van der Waals surface area contributed by atoms with Gasteiger partial charge in [0.1, 0.15) is 6.04 Å². The first-order chi connectivity index (χ1) is 6.56. The largest absolute Gasteiger partial charge is 0.468 e. The van der Waals surface area contributed by atoms with Crippen LogP contribution in [0.25, 0.3) is 0 Å². The Kier molecular flexibility index (Phi) is 3.66. The average molecular weight is 258 g/mol. The molecule has 1 rings (SSSR count). The maximum absolute atomic E-state index is 11.1. The van der Waals surface area contributed by atoms with E-state index in [2.05, 4.69) is 20.7 Å². The lowest BCUT2D eigenvalue weighted by Crippen LogP contribution is -2.22. The van der Waals surface area contributed by atoms with E-state index in [1.807, 2.05) is 25.1 Å². The number of esters is 1. The van der Waals surface area contributed by atoms with Crippen LogP contribution in [-0.4, -0.2) is 13.1 Å². The molecular weight excluding hydrogens is 246 g/mol. The number of hydrogen-bond donors (Lipinski definition) is 1. The number of rotatable bonds is 2. The fourth-order valence-electron chi connectivity index (χ4n) is 1.07. The number of ether oxygens (including phenoxy) is 1. The van der Waals surface area contributed by atoms with Gasteiger partial charge in [-0.15, -0.1) is 0 Å². The molecule has 0 spiro atoms. The third-order valence-corrected chi connectivity index (χ3v) is 2.86. The van der Waals surface area contributed by atoms with E-state index in [0.29, 0.717) is 0 Å². The van der Waals surface area contributed by atoms with Gasteiger partial charge in [0, 0.05) is 4.47 Å². The molecule has 0 radical (unpaired) electrons. The lowest BCUT2D eigenvalue weighted by molar-refractivity contribution is -0.142. The molecule has 4 heteroatoms. The molecule has 1 unspecified atom stereocenters. The average Bonchev–Trinajstić information content (AvgIpc) is 2.20. The number of hydrogen-bond acceptors (Lipinski definition) is 3. The molecule has 1 aromatic rings. The van der Waals surface area contributed by atoms with Crippen LogP contribution in [-0.2, 0) is 9.53 Å². The van der Waals surface area contributed by atoms with Crippen LogP contribution in [0.1, 0.15) is 17.2 Å². The summed E-state index contributed by atoms with van der Waals surface area (Å²) in [6.07, 6.45) is 0. The molecule has 0 aliphatic heterocycles. The van der Waals surface area contributed by atoms with Crippen molar-refractivity contribution < 1.29 is 9.53 Å². The quantitative estimate of drug-likeness (QED) is 0.824. The second kappa shape index (κ2) is 4.57. The predicted octanol–water partition coefficient (Wildman–Crippen LogP) is 1.93. The maximum Gasteiger partial charge on any atom is 0.327 e. The topological polar surface area (TPSA) is 52.3 Å². The maximum atomic E-state index is 11.1. The monoisotopic (exact) mass is 257 g/mol. The Morgan fingerprint density at radius 1 is 1.57 bits per heavy atom. The SMILES string of the molecule is COC(=O)C(N)c1ccc(C)c(Br)c1. The van der Waals surface area contributed by atoms with E-state index in [1.165, 1.54) is 7.11 Å². The van der Waals surface area contributed by atoms with Crippen molar-refractivity contribution in [2.75, 3.05) is 7.11 Å². The second-order valence-corrected chi connectivity index (χ2v) is 3.86. The van der Waals surface area contributed by atoms with Gasteiger partial charge in [-0.3, -0.25) is 4.79 Å². The van der Waals surface area contributed by atoms with Gasteiger partial charge in [0.15, 0.2) is 0 Å². The van der Waals surface area contributed by atoms with E-state index >= 15 is 0 Å². The summed E-state index contributed by atoms with van der Waals surface area (Å²) in [5.41, 5.74) is 7.52. The number of benzene rings is 1. The van der Waals surface area contributed by atoms with Gasteiger partial charge in [0.2, 0.25) is 0 Å². The fraction of sp³-hybridized carbons (Fsp3) is 0.300. The Balaban J connectivity index is 2.96. The molecule has 0 bridgehead atoms. The summed E-state index contributed by atoms with van der Waals surface area (Å²) < 4.78 is 5.50. The van der Waals surface area contributed by atoms with Crippen molar-refractivity contribution in [3.05, 3.63) is 33.8 Å². The highest BCUT2D eigenvalue weighted by molar-refractivity contribution is 9.10. The molecule has 0 heterocycles. The molecule has 1 aromatic carbocycles. The van der Waals surface area contributed by atoms with Crippen LogP contribution < -0.4 is 5.73 Å². The summed E-state index contributed by atoms with van der Waals surface area (Å²) in [7, 11) is 1.32. The molecule has 0 fully saturated rings. The van der Waals surface area contributed by atoms with Gasteiger partial charge < -0.3 is 10.5 Å². The Morgan fingerprint density at radius 3 is 2.71 bits per heavy atom. The number of carbonyl (C=O) groups excluding carboxylic acids is 1. The van der Waals surface area contributed by atoms with E-state index in [1.54, 1.807) is 0 Å². The van der Waals surface area contributed by atoms with Crippen molar-refractivity contribution in [1.29, 1.82) is 0 Å². The van der Waals surface area contributed by atoms with Gasteiger partial charge in [-0.2, -0.15) is 0 Å². The van der Waals surface area contributed by atoms with Gasteiger partial charge in [0.05, 0.1) is 7.11 Å². The van der Waals surface area contributed by atoms with Crippen molar-refractivity contribution in [1.82, 2.24) is 0 Å². The molecule has 2 N–H and O–H groups in total. The van der Waals surface area contributed by atoms with Crippen molar-refractivity contribution in [2.24, 2.45) is 5.73 Å². The number of carbonyl (C=O) groups is 1. The lowest BCUT2D eigenvalue weighted by atomic mass is 10.1. The van der Waals surface area contributed by atoms with E-state index in [9.17, 15) is 4.79 Å². The van der Waals surface area contributed by atoms with Crippen molar-refractivity contribution >= 4 is 21.9 Å². The Bertz CT molecular complexity index is 352. The summed E-state index contributed by atoms with van der Waals surface area (Å²) in [5, 5.41) is 0. The predicted molar refractivity (Wildman–Crippen MR) is 57.8 cm³/mol. The summed E-state index contributed by atoms with van der Waals surface area (Å²) in [6.45, 7) is 1.97. The van der Waals surface area contributed by atoms with E-state index in [4.69, 9.17) is 5.73 Å². The first-order valence-corrected chi connectivity index (χ1v) is 4.95. The molecule has 14 heavy (non-hydrogen) atoms. The molecule has 1 atom stereocenters. The zero-order valence-corrected chi connectivity index (χ0v) is 9.67. The summed E-state index contributed by atoms with van der Waals surface area (Å²) in [5.74, 6) is -0.430. The van der Waals surface area contributed by atoms with E-state index in [-0.39, 0.29) is 0 Å². The number of nitrogens with two attached hydrogens (primary N) is 1. The van der Waals surface area contributed by atoms with Crippen LogP contribution in [0, 0.1) is 6.92 Å². The standard InChI is InChI=1S/C10H12BrNO2/c1-6-3-4-7(5-8(6)11)9(12)10(13)14-2/h3-5,9H,12H2,1-2H3. The van der Waals surface area contributed by atoms with Crippen LogP contribution >= 0.6 is 15.9 Å². The molecule has 0 saturated carbocycles. The highest BCUT2D eigenvalue weighted by Crippen LogP contribution is 2.21. The van der Waals surface area contributed by atoms with Crippen LogP contribution in [0.15, 0.2) is 22.7 Å². The smallest absolute Gasteiger partial charge is 0.327 e. The summed E-state index contributed by atoms with van der Waals surface area (Å²) in [4.78, 5) is 11.1. The summed E-state index contributed by atoms with van der Waals surface area (Å²) >= 11 is 3.38. The van der Waals surface area contributed by atoms with Gasteiger partial charge in [-0.05, 0) is 24.1 Å². The van der Waals surface area contributed by atoms with Gasteiger partial charge in [-0.25, -0.2) is 0 Å². The third-order valence-electron chi connectivity index (χ3n) is 2.01. The third kappa shape index (κ3) is 2.33. The first kappa shape index (κ1) is 11.2. The first-order valence-electron chi connectivity index (χ1n) is 4.15. The Hall–Kier alpha value is -0.870. The van der Waals surface area contributed by atoms with Crippen molar-refractivity contribution in [2.45, 2.75) is 13.0 Å². The minimum absolute atomic E-state index is 0.430. The van der Waals surface area contributed by atoms with Crippen LogP contribution in [0.3, 0.4) is 0 Å². The fourth-order valence-corrected chi connectivity index (χ4v) is 1.46. The Morgan fingerprint density at radius 2 is 2.21 bits per heavy atom. The Labute approximate surface area is 91.4 Å². The second-order valence-electron chi connectivity index (χ2n) is 3.01. The van der Waals surface area contributed by atoms with Gasteiger partial charge >= 0.3 is 5.97 Å². The zero-order chi connectivity index (χ0) is 10.7. The molecule has 0 aliphatic carbocycles. The molecule has 76 valence electrons. The lowest BCUT2D eigenvalue weighted by Gasteiger charge is -2.10. The minimum Gasteiger partial charge on any atom is -0.468 e. The summed E-state index contributed by atoms with van der Waals surface area (Å²) in [6, 6.07) is 4.85. The molecule has 0 saturated heterocycles. The zero-order valence-electron chi connectivity index (χ0n) is 8.08. The van der Waals surface area contributed by atoms with E-state index < -0.39 is 12.0 Å². The molecule has 0 aromatic heterocycles. The highest BCUT2D eigenvalue weighted by atomic mass is 79.9. The van der Waals surface area contributed by atoms with Crippen LogP contribution in [0.4, 0.5) is 0 Å². The molecule has 0 aliphatic rings. The molecular formula is C10H12BrNO2. The number of aryl methyl sites for hydroxylation is 1. The van der Waals surface area contributed by atoms with Crippen molar-refractivity contribution in [3.8, 4) is 0 Å². The highest BCUT2D eigenvalue weighted by Gasteiger charge is 2.16. The van der Waals surface area contributed by atoms with Gasteiger partial charge in [0.25, 0.3) is 0 Å². The molecule has 0 amide bonds. The van der Waals surface area contributed by atoms with Crippen LogP contribution in [0.5, 0.6) is 0 Å². The normalized spacial score (nSPS) is 12.3. The number of halogens is 1. The van der Waals surface area contributed by atoms with Crippen molar-refractivity contribution in [3.63, 3.8) is 0 Å². The van der Waals surface area contributed by atoms with Gasteiger partial charge in [-0.1, -0.05) is 28.1 Å². The minimum atomic E-state index is -0.711. The van der Waals surface area contributed by atoms with E-state index in [0.717, 1.165) is 15.6 Å².